The lowest BCUT2D eigenvalue weighted by Gasteiger charge is -2.30. The number of methoxy groups -OCH3 is 2. The van der Waals surface area contributed by atoms with Crippen molar-refractivity contribution in [1.29, 1.82) is 0 Å². The van der Waals surface area contributed by atoms with Gasteiger partial charge in [0.1, 0.15) is 18.1 Å². The van der Waals surface area contributed by atoms with Gasteiger partial charge in [-0.25, -0.2) is 0 Å². The molecule has 0 unspecified atom stereocenters. The highest BCUT2D eigenvalue weighted by atomic mass is 16.5. The van der Waals surface area contributed by atoms with Crippen LogP contribution < -0.4 is 19.1 Å². The van der Waals surface area contributed by atoms with E-state index in [2.05, 4.69) is 20.9 Å². The first-order chi connectivity index (χ1) is 14.8. The van der Waals surface area contributed by atoms with Crippen LogP contribution in [0.25, 0.3) is 11.3 Å². The van der Waals surface area contributed by atoms with Crippen molar-refractivity contribution in [1.82, 2.24) is 9.97 Å². The fourth-order valence-electron chi connectivity index (χ4n) is 3.49. The molecule has 0 radical (unpaired) electrons. The van der Waals surface area contributed by atoms with E-state index in [9.17, 15) is 0 Å². The van der Waals surface area contributed by atoms with Crippen molar-refractivity contribution in [2.45, 2.75) is 6.61 Å². The van der Waals surface area contributed by atoms with E-state index in [0.29, 0.717) is 17.2 Å². The third kappa shape index (κ3) is 4.31. The number of anilines is 1. The van der Waals surface area contributed by atoms with Crippen molar-refractivity contribution < 1.29 is 18.9 Å². The summed E-state index contributed by atoms with van der Waals surface area (Å²) in [6.07, 6.45) is 3.50. The number of hydrogen-bond acceptors (Lipinski definition) is 7. The average molecular weight is 407 g/mol. The van der Waals surface area contributed by atoms with Gasteiger partial charge in [0.15, 0.2) is 11.5 Å². The minimum Gasteiger partial charge on any atom is -0.493 e. The largest absolute Gasteiger partial charge is 0.493 e. The second-order valence-electron chi connectivity index (χ2n) is 6.78. The normalized spacial score (nSPS) is 13.7. The van der Waals surface area contributed by atoms with Crippen molar-refractivity contribution in [2.75, 3.05) is 45.4 Å². The number of pyridine rings is 2. The van der Waals surface area contributed by atoms with E-state index in [1.165, 1.54) is 0 Å². The van der Waals surface area contributed by atoms with Crippen molar-refractivity contribution in [3.63, 3.8) is 0 Å². The Labute approximate surface area is 176 Å². The lowest BCUT2D eigenvalue weighted by molar-refractivity contribution is 0.122. The molecule has 30 heavy (non-hydrogen) atoms. The predicted molar refractivity (Wildman–Crippen MR) is 114 cm³/mol. The molecule has 0 amide bonds. The molecule has 0 aliphatic carbocycles. The lowest BCUT2D eigenvalue weighted by atomic mass is 10.1. The van der Waals surface area contributed by atoms with Gasteiger partial charge in [-0.3, -0.25) is 9.97 Å². The molecular formula is C23H25N3O4. The Bertz CT molecular complexity index is 972. The van der Waals surface area contributed by atoms with Crippen molar-refractivity contribution >= 4 is 5.69 Å². The molecule has 0 atom stereocenters. The van der Waals surface area contributed by atoms with Gasteiger partial charge in [-0.2, -0.15) is 0 Å². The van der Waals surface area contributed by atoms with Crippen LogP contribution in [0.15, 0.2) is 54.9 Å². The molecule has 0 saturated carbocycles. The molecule has 0 bridgehead atoms. The van der Waals surface area contributed by atoms with Crippen LogP contribution in [0.1, 0.15) is 5.69 Å². The van der Waals surface area contributed by atoms with E-state index < -0.39 is 0 Å². The van der Waals surface area contributed by atoms with Gasteiger partial charge >= 0.3 is 0 Å². The first-order valence-electron chi connectivity index (χ1n) is 9.87. The maximum Gasteiger partial charge on any atom is 0.185 e. The Kier molecular flexibility index (Phi) is 6.29. The van der Waals surface area contributed by atoms with Gasteiger partial charge in [0.05, 0.1) is 38.8 Å². The number of rotatable bonds is 7. The average Bonchev–Trinajstić information content (AvgIpc) is 2.83. The number of ether oxygens (including phenoxy) is 4. The minimum atomic E-state index is 0.280. The monoisotopic (exact) mass is 407 g/mol. The number of nitrogens with zero attached hydrogens (tertiary/aromatic N) is 3. The van der Waals surface area contributed by atoms with Gasteiger partial charge in [0.2, 0.25) is 0 Å². The van der Waals surface area contributed by atoms with Crippen molar-refractivity contribution in [2.24, 2.45) is 0 Å². The van der Waals surface area contributed by atoms with E-state index in [-0.39, 0.29) is 6.61 Å². The molecule has 1 aliphatic rings. The molecule has 0 N–H and O–H groups in total. The summed E-state index contributed by atoms with van der Waals surface area (Å²) in [7, 11) is 3.20. The zero-order chi connectivity index (χ0) is 20.8. The maximum atomic E-state index is 5.93. The molecule has 0 spiro atoms. The fourth-order valence-corrected chi connectivity index (χ4v) is 3.49. The lowest BCUT2D eigenvalue weighted by Crippen LogP contribution is -2.36. The van der Waals surface area contributed by atoms with E-state index in [4.69, 9.17) is 18.9 Å². The summed E-state index contributed by atoms with van der Waals surface area (Å²) in [5, 5.41) is 0. The van der Waals surface area contributed by atoms with Gasteiger partial charge in [-0.15, -0.1) is 0 Å². The Hall–Kier alpha value is -3.32. The molecule has 4 rings (SSSR count). The van der Waals surface area contributed by atoms with E-state index in [0.717, 1.165) is 49.0 Å². The van der Waals surface area contributed by atoms with Gasteiger partial charge < -0.3 is 23.8 Å². The van der Waals surface area contributed by atoms with Gasteiger partial charge in [0, 0.05) is 37.1 Å². The van der Waals surface area contributed by atoms with Crippen LogP contribution in [-0.2, 0) is 11.3 Å². The Morgan fingerprint density at radius 2 is 1.73 bits per heavy atom. The van der Waals surface area contributed by atoms with Crippen LogP contribution in [-0.4, -0.2) is 50.5 Å². The fraction of sp³-hybridized carbons (Fsp3) is 0.304. The Morgan fingerprint density at radius 3 is 2.47 bits per heavy atom. The molecule has 1 fully saturated rings. The molecule has 1 saturated heterocycles. The molecule has 3 aromatic rings. The second kappa shape index (κ2) is 9.45. The van der Waals surface area contributed by atoms with Crippen LogP contribution in [0.3, 0.4) is 0 Å². The summed E-state index contributed by atoms with van der Waals surface area (Å²) in [6.45, 7) is 3.50. The summed E-state index contributed by atoms with van der Waals surface area (Å²) in [5.74, 6) is 1.96. The zero-order valence-electron chi connectivity index (χ0n) is 17.2. The Morgan fingerprint density at radius 1 is 0.933 bits per heavy atom. The van der Waals surface area contributed by atoms with Gasteiger partial charge in [-0.05, 0) is 36.4 Å². The van der Waals surface area contributed by atoms with Crippen LogP contribution in [0.5, 0.6) is 17.2 Å². The summed E-state index contributed by atoms with van der Waals surface area (Å²) >= 11 is 0. The third-order valence-corrected chi connectivity index (χ3v) is 5.01. The van der Waals surface area contributed by atoms with Crippen LogP contribution in [0.2, 0.25) is 0 Å². The molecule has 2 aromatic heterocycles. The highest BCUT2D eigenvalue weighted by Gasteiger charge is 2.16. The van der Waals surface area contributed by atoms with Crippen molar-refractivity contribution in [3.05, 3.63) is 60.6 Å². The first-order valence-corrected chi connectivity index (χ1v) is 9.87. The van der Waals surface area contributed by atoms with Crippen LogP contribution >= 0.6 is 0 Å². The SMILES string of the molecule is COc1ccnc(COc2ccc(-c3ncccc3N3CCOCC3)cc2)c1OC. The quantitative estimate of drug-likeness (QED) is 0.593. The van der Waals surface area contributed by atoms with E-state index in [1.54, 1.807) is 26.5 Å². The highest BCUT2D eigenvalue weighted by Crippen LogP contribution is 2.32. The molecule has 7 nitrogen and oxygen atoms in total. The van der Waals surface area contributed by atoms with Crippen LogP contribution in [0, 0.1) is 0 Å². The number of morpholine rings is 1. The minimum absolute atomic E-state index is 0.280. The summed E-state index contributed by atoms with van der Waals surface area (Å²) in [6, 6.07) is 13.8. The molecule has 1 aromatic carbocycles. The number of hydrogen-bond donors (Lipinski definition) is 0. The number of aromatic nitrogens is 2. The standard InChI is InChI=1S/C23H25N3O4/c1-27-21-9-11-24-19(23(21)28-2)16-30-18-7-5-17(6-8-18)22-20(4-3-10-25-22)26-12-14-29-15-13-26/h3-11H,12-16H2,1-2H3. The second-order valence-corrected chi connectivity index (χ2v) is 6.78. The summed E-state index contributed by atoms with van der Waals surface area (Å²) < 4.78 is 22.1. The molecule has 1 aliphatic heterocycles. The van der Waals surface area contributed by atoms with E-state index >= 15 is 0 Å². The zero-order valence-corrected chi connectivity index (χ0v) is 17.2. The Balaban J connectivity index is 1.49. The predicted octanol–water partition coefficient (Wildman–Crippen LogP) is 3.58. The molecular weight excluding hydrogens is 382 g/mol. The number of benzene rings is 1. The van der Waals surface area contributed by atoms with E-state index in [1.807, 2.05) is 36.5 Å². The van der Waals surface area contributed by atoms with Crippen molar-refractivity contribution in [3.8, 4) is 28.5 Å². The van der Waals surface area contributed by atoms with Gasteiger partial charge in [-0.1, -0.05) is 0 Å². The summed E-state index contributed by atoms with van der Waals surface area (Å²) in [5.41, 5.74) is 3.81. The topological polar surface area (TPSA) is 65.9 Å². The highest BCUT2D eigenvalue weighted by molar-refractivity contribution is 5.75. The molecule has 156 valence electrons. The van der Waals surface area contributed by atoms with Crippen LogP contribution in [0.4, 0.5) is 5.69 Å². The third-order valence-electron chi connectivity index (χ3n) is 5.01. The molecule has 7 heteroatoms. The maximum absolute atomic E-state index is 5.93. The summed E-state index contributed by atoms with van der Waals surface area (Å²) in [4.78, 5) is 11.3. The van der Waals surface area contributed by atoms with Gasteiger partial charge in [0.25, 0.3) is 0 Å². The smallest absolute Gasteiger partial charge is 0.185 e. The molecule has 3 heterocycles. The first kappa shape index (κ1) is 20.0.